The van der Waals surface area contributed by atoms with Crippen LogP contribution in [0.3, 0.4) is 0 Å². The van der Waals surface area contributed by atoms with E-state index in [-0.39, 0.29) is 11.7 Å². The number of Topliss-reactive ketones (excluding diaryl/α,β-unsaturated/α-hetero) is 1. The van der Waals surface area contributed by atoms with Gasteiger partial charge in [0.15, 0.2) is 5.78 Å². The molecule has 0 rings (SSSR count). The molecule has 0 saturated heterocycles. The second-order valence-corrected chi connectivity index (χ2v) is 3.17. The molecule has 76 valence electrons. The lowest BCUT2D eigenvalue weighted by atomic mass is 10.1. The minimum Gasteiger partial charge on any atom is -0.345 e. The highest BCUT2D eigenvalue weighted by Crippen LogP contribution is 1.95. The highest BCUT2D eigenvalue weighted by molar-refractivity contribution is 5.90. The molecular formula is C9H18N2O2. The molecule has 0 aliphatic carbocycles. The molecule has 0 radical (unpaired) electrons. The van der Waals surface area contributed by atoms with E-state index in [1.165, 1.54) is 0 Å². The van der Waals surface area contributed by atoms with Gasteiger partial charge in [-0.05, 0) is 20.3 Å². The first-order valence-electron chi connectivity index (χ1n) is 5.03. The molecule has 0 fully saturated rings. The summed E-state index contributed by atoms with van der Waals surface area (Å²) in [6, 6.07) is -1.05. The van der Waals surface area contributed by atoms with E-state index in [4.69, 9.17) is 1.41 Å². The third-order valence-electron chi connectivity index (χ3n) is 1.73. The van der Waals surface area contributed by atoms with Crippen LogP contribution in [0.15, 0.2) is 0 Å². The number of carbonyl (C=O) groups is 2. The molecule has 0 aliphatic rings. The Morgan fingerprint density at radius 1 is 1.54 bits per heavy atom. The van der Waals surface area contributed by atoms with Gasteiger partial charge in [0.1, 0.15) is 1.41 Å². The van der Waals surface area contributed by atoms with E-state index in [9.17, 15) is 9.59 Å². The molecule has 0 aromatic rings. The molecule has 4 heteroatoms. The maximum absolute atomic E-state index is 11.3. The summed E-state index contributed by atoms with van der Waals surface area (Å²) in [5, 5.41) is 2.54. The Morgan fingerprint density at radius 2 is 2.15 bits per heavy atom. The van der Waals surface area contributed by atoms with Crippen LogP contribution in [0.4, 0.5) is 0 Å². The fraction of sp³-hybridized carbons (Fsp3) is 0.778. The lowest BCUT2D eigenvalue weighted by molar-refractivity contribution is -0.127. The van der Waals surface area contributed by atoms with Crippen molar-refractivity contribution in [2.45, 2.75) is 45.7 Å². The summed E-state index contributed by atoms with van der Waals surface area (Å²) in [7, 11) is 0. The Kier molecular flexibility index (Phi) is 4.46. The summed E-state index contributed by atoms with van der Waals surface area (Å²) >= 11 is 0. The number of nitrogens with two attached hydrogens (primary N) is 1. The van der Waals surface area contributed by atoms with E-state index in [0.29, 0.717) is 6.42 Å². The molecule has 0 spiro atoms. The standard InChI is InChI=1S/C9H18N2O2/c1-4-5-8(12)7(3)11-9(13)6(2)10/h6-7H,4-5,10H2,1-3H3,(H,11,13)/t6-,7-/m1/s1/i/hD. The van der Waals surface area contributed by atoms with E-state index in [1.54, 1.807) is 13.8 Å². The van der Waals surface area contributed by atoms with Crippen molar-refractivity contribution in [3.8, 4) is 0 Å². The minimum absolute atomic E-state index is 0.0260. The van der Waals surface area contributed by atoms with Crippen LogP contribution >= 0.6 is 0 Å². The van der Waals surface area contributed by atoms with Crippen LogP contribution in [0.5, 0.6) is 0 Å². The van der Waals surface area contributed by atoms with Crippen molar-refractivity contribution in [2.75, 3.05) is 0 Å². The molecule has 4 nitrogen and oxygen atoms in total. The largest absolute Gasteiger partial charge is 0.345 e. The summed E-state index contributed by atoms with van der Waals surface area (Å²) in [5.74, 6) is -0.296. The van der Waals surface area contributed by atoms with Crippen molar-refractivity contribution in [1.82, 2.24) is 5.32 Å². The lowest BCUT2D eigenvalue weighted by Crippen LogP contribution is -2.45. The molecule has 3 N–H and O–H groups in total. The van der Waals surface area contributed by atoms with Gasteiger partial charge in [-0.1, -0.05) is 6.92 Å². The number of ketones is 1. The van der Waals surface area contributed by atoms with Gasteiger partial charge in [-0.3, -0.25) is 9.59 Å². The van der Waals surface area contributed by atoms with E-state index in [1.807, 2.05) is 6.92 Å². The van der Waals surface area contributed by atoms with Gasteiger partial charge >= 0.3 is 0 Å². The molecule has 1 amide bonds. The monoisotopic (exact) mass is 187 g/mol. The Labute approximate surface area is 80.3 Å². The number of hydrogen-bond acceptors (Lipinski definition) is 3. The molecule has 13 heavy (non-hydrogen) atoms. The lowest BCUT2D eigenvalue weighted by Gasteiger charge is -2.13. The van der Waals surface area contributed by atoms with Crippen molar-refractivity contribution in [2.24, 2.45) is 5.73 Å². The molecule has 0 saturated carbocycles. The number of carbonyl (C=O) groups excluding carboxylic acids is 2. The minimum atomic E-state index is -0.591. The molecule has 0 bridgehead atoms. The van der Waals surface area contributed by atoms with Gasteiger partial charge < -0.3 is 11.0 Å². The predicted molar refractivity (Wildman–Crippen MR) is 51.2 cm³/mol. The first kappa shape index (κ1) is 10.2. The average molecular weight is 187 g/mol. The summed E-state index contributed by atoms with van der Waals surface area (Å²) in [6.45, 7) is 5.15. The van der Waals surface area contributed by atoms with Gasteiger partial charge in [0, 0.05) is 6.42 Å². The van der Waals surface area contributed by atoms with Crippen LogP contribution in [0.25, 0.3) is 0 Å². The van der Waals surface area contributed by atoms with Gasteiger partial charge in [-0.2, -0.15) is 0 Å². The van der Waals surface area contributed by atoms with Crippen molar-refractivity contribution in [1.29, 1.82) is 0 Å². The zero-order chi connectivity index (χ0) is 11.1. The second kappa shape index (κ2) is 5.70. The molecule has 0 heterocycles. The summed E-state index contributed by atoms with van der Waals surface area (Å²) in [6.07, 6.45) is 1.26. The summed E-state index contributed by atoms with van der Waals surface area (Å²) in [5.41, 5.74) is 2.07. The number of hydrogen-bond donors (Lipinski definition) is 2. The first-order chi connectivity index (χ1) is 6.52. The van der Waals surface area contributed by atoms with Crippen LogP contribution < -0.4 is 11.0 Å². The van der Waals surface area contributed by atoms with Crippen LogP contribution in [0, 0.1) is 0 Å². The molecule has 0 unspecified atom stereocenters. The quantitative estimate of drug-likeness (QED) is 0.624. The normalized spacial score (nSPS) is 15.8. The SMILES string of the molecule is [2H]N[C@H](C)C(=O)N[C@H](C)C(=O)CCC. The Bertz CT molecular complexity index is 209. The number of nitrogens with one attached hydrogen (secondary N) is 1. The van der Waals surface area contributed by atoms with E-state index in [0.717, 1.165) is 6.42 Å². The zero-order valence-electron chi connectivity index (χ0n) is 9.39. The summed E-state index contributed by atoms with van der Waals surface area (Å²) < 4.78 is 6.78. The fourth-order valence-electron chi connectivity index (χ4n) is 0.882. The third-order valence-corrected chi connectivity index (χ3v) is 1.73. The maximum Gasteiger partial charge on any atom is 0.237 e. The second-order valence-electron chi connectivity index (χ2n) is 3.17. The van der Waals surface area contributed by atoms with E-state index in [2.05, 4.69) is 11.0 Å². The highest BCUT2D eigenvalue weighted by atomic mass is 16.2. The topological polar surface area (TPSA) is 72.2 Å². The predicted octanol–water partition coefficient (Wildman–Crippen LogP) is 0.207. The molecule has 0 aromatic heterocycles. The van der Waals surface area contributed by atoms with Gasteiger partial charge in [0.25, 0.3) is 0 Å². The van der Waals surface area contributed by atoms with Crippen molar-refractivity contribution in [3.63, 3.8) is 0 Å². The van der Waals surface area contributed by atoms with Gasteiger partial charge in [0.05, 0.1) is 12.1 Å². The average Bonchev–Trinajstić information content (AvgIpc) is 2.16. The van der Waals surface area contributed by atoms with Gasteiger partial charge in [0.2, 0.25) is 5.91 Å². The summed E-state index contributed by atoms with van der Waals surface area (Å²) in [4.78, 5) is 22.6. The Balaban J connectivity index is 3.99. The van der Waals surface area contributed by atoms with Crippen LogP contribution in [-0.2, 0) is 9.59 Å². The fourth-order valence-corrected chi connectivity index (χ4v) is 0.882. The van der Waals surface area contributed by atoms with Crippen molar-refractivity contribution >= 4 is 11.7 Å². The van der Waals surface area contributed by atoms with Crippen LogP contribution in [0.1, 0.15) is 33.6 Å². The zero-order valence-corrected chi connectivity index (χ0v) is 8.39. The third kappa shape index (κ3) is 4.62. The Hall–Kier alpha value is -0.900. The van der Waals surface area contributed by atoms with Crippen molar-refractivity contribution in [3.05, 3.63) is 0 Å². The molecule has 2 atom stereocenters. The van der Waals surface area contributed by atoms with Crippen molar-refractivity contribution < 1.29 is 11.0 Å². The van der Waals surface area contributed by atoms with E-state index < -0.39 is 12.1 Å². The number of amides is 1. The molecular weight excluding hydrogens is 168 g/mol. The van der Waals surface area contributed by atoms with Crippen LogP contribution in [0.2, 0.25) is 1.41 Å². The maximum atomic E-state index is 11.3. The smallest absolute Gasteiger partial charge is 0.237 e. The highest BCUT2D eigenvalue weighted by Gasteiger charge is 2.16. The van der Waals surface area contributed by atoms with E-state index >= 15 is 0 Å². The van der Waals surface area contributed by atoms with Gasteiger partial charge in [-0.15, -0.1) is 0 Å². The van der Waals surface area contributed by atoms with Gasteiger partial charge in [-0.25, -0.2) is 0 Å². The van der Waals surface area contributed by atoms with Crippen LogP contribution in [-0.4, -0.2) is 23.8 Å². The first-order valence-corrected chi connectivity index (χ1v) is 4.53. The Morgan fingerprint density at radius 3 is 2.62 bits per heavy atom. The molecule has 0 aliphatic heterocycles. The molecule has 0 aromatic carbocycles. The number of rotatable bonds is 6.